The van der Waals surface area contributed by atoms with Gasteiger partial charge in [0.2, 0.25) is 0 Å². The molecule has 1 atom stereocenters. The monoisotopic (exact) mass is 275 g/mol. The van der Waals surface area contributed by atoms with Crippen molar-refractivity contribution in [3.63, 3.8) is 0 Å². The highest BCUT2D eigenvalue weighted by Gasteiger charge is 2.07. The highest BCUT2D eigenvalue weighted by atomic mass is 35.5. The van der Waals surface area contributed by atoms with Gasteiger partial charge in [0, 0.05) is 6.42 Å². The van der Waals surface area contributed by atoms with Crippen molar-refractivity contribution >= 4 is 17.6 Å². The van der Waals surface area contributed by atoms with Crippen LogP contribution in [0.25, 0.3) is 0 Å². The van der Waals surface area contributed by atoms with E-state index in [2.05, 4.69) is 13.8 Å². The van der Waals surface area contributed by atoms with Gasteiger partial charge in [0.1, 0.15) is 6.10 Å². The lowest BCUT2D eigenvalue weighted by molar-refractivity contribution is -0.146. The molecule has 18 heavy (non-hydrogen) atoms. The zero-order valence-corrected chi connectivity index (χ0v) is 12.5. The average Bonchev–Trinajstić information content (AvgIpc) is 2.36. The molecule has 1 radical (unpaired) electrons. The molecular weight excluding hydrogens is 248 g/mol. The summed E-state index contributed by atoms with van der Waals surface area (Å²) in [5, 5.41) is 0. The standard InChI is InChI=1S/C15H28ClO2/c1-3-4-5-6-7-8-9-10-11-12-15(17)18-14(2)13-16/h14H,2-13H2,1H3. The predicted octanol–water partition coefficient (Wildman–Crippen LogP) is 4.89. The average molecular weight is 276 g/mol. The summed E-state index contributed by atoms with van der Waals surface area (Å²) < 4.78 is 4.99. The molecule has 0 aromatic rings. The van der Waals surface area contributed by atoms with Crippen molar-refractivity contribution in [3.8, 4) is 0 Å². The van der Waals surface area contributed by atoms with E-state index in [1.807, 2.05) is 0 Å². The molecule has 0 amide bonds. The van der Waals surface area contributed by atoms with Crippen LogP contribution in [-0.4, -0.2) is 18.0 Å². The fourth-order valence-corrected chi connectivity index (χ4v) is 1.92. The lowest BCUT2D eigenvalue weighted by atomic mass is 10.1. The van der Waals surface area contributed by atoms with Gasteiger partial charge in [0.05, 0.1) is 5.88 Å². The molecule has 0 aromatic carbocycles. The van der Waals surface area contributed by atoms with Crippen LogP contribution in [-0.2, 0) is 9.53 Å². The van der Waals surface area contributed by atoms with Crippen molar-refractivity contribution in [3.05, 3.63) is 6.92 Å². The SMILES string of the molecule is [CH2]C(CCl)OC(=O)CCCCCCCCCCC. The lowest BCUT2D eigenvalue weighted by Crippen LogP contribution is -2.16. The third-order valence-corrected chi connectivity index (χ3v) is 3.30. The number of ether oxygens (including phenoxy) is 1. The normalized spacial score (nSPS) is 12.4. The Kier molecular flexibility index (Phi) is 13.0. The topological polar surface area (TPSA) is 26.3 Å². The second kappa shape index (κ2) is 13.2. The number of esters is 1. The van der Waals surface area contributed by atoms with E-state index in [1.165, 1.54) is 44.9 Å². The number of rotatable bonds is 12. The molecule has 0 heterocycles. The van der Waals surface area contributed by atoms with Crippen LogP contribution in [0.5, 0.6) is 0 Å². The van der Waals surface area contributed by atoms with Crippen molar-refractivity contribution in [1.29, 1.82) is 0 Å². The second-order valence-corrected chi connectivity index (χ2v) is 5.15. The maximum atomic E-state index is 11.3. The van der Waals surface area contributed by atoms with Crippen molar-refractivity contribution in [2.75, 3.05) is 5.88 Å². The highest BCUT2D eigenvalue weighted by Crippen LogP contribution is 2.11. The Balaban J connectivity index is 3.17. The van der Waals surface area contributed by atoms with Crippen molar-refractivity contribution in [1.82, 2.24) is 0 Å². The van der Waals surface area contributed by atoms with Crippen LogP contribution in [0.1, 0.15) is 71.1 Å². The molecule has 0 saturated carbocycles. The molecule has 3 heteroatoms. The largest absolute Gasteiger partial charge is 0.461 e. The van der Waals surface area contributed by atoms with E-state index in [4.69, 9.17) is 16.3 Å². The van der Waals surface area contributed by atoms with Gasteiger partial charge < -0.3 is 4.74 Å². The Labute approximate surface area is 117 Å². The summed E-state index contributed by atoms with van der Waals surface area (Å²) in [6.45, 7) is 5.85. The van der Waals surface area contributed by atoms with E-state index in [0.717, 1.165) is 12.8 Å². The molecule has 0 spiro atoms. The molecule has 0 bridgehead atoms. The Morgan fingerprint density at radius 2 is 1.56 bits per heavy atom. The number of carbonyl (C=O) groups excluding carboxylic acids is 1. The zero-order chi connectivity index (χ0) is 13.6. The fourth-order valence-electron chi connectivity index (χ4n) is 1.86. The van der Waals surface area contributed by atoms with Crippen molar-refractivity contribution in [2.24, 2.45) is 0 Å². The van der Waals surface area contributed by atoms with Crippen molar-refractivity contribution < 1.29 is 9.53 Å². The molecule has 107 valence electrons. The van der Waals surface area contributed by atoms with Gasteiger partial charge >= 0.3 is 5.97 Å². The first-order valence-corrected chi connectivity index (χ1v) is 7.82. The molecule has 2 nitrogen and oxygen atoms in total. The molecule has 0 saturated heterocycles. The van der Waals surface area contributed by atoms with Crippen LogP contribution < -0.4 is 0 Å². The van der Waals surface area contributed by atoms with Gasteiger partial charge in [-0.15, -0.1) is 11.6 Å². The highest BCUT2D eigenvalue weighted by molar-refractivity contribution is 6.18. The number of carbonyl (C=O) groups is 1. The first-order valence-electron chi connectivity index (χ1n) is 7.29. The van der Waals surface area contributed by atoms with Crippen LogP contribution in [0.2, 0.25) is 0 Å². The third-order valence-electron chi connectivity index (χ3n) is 2.95. The zero-order valence-electron chi connectivity index (χ0n) is 11.8. The summed E-state index contributed by atoms with van der Waals surface area (Å²) in [6.07, 6.45) is 11.4. The van der Waals surface area contributed by atoms with Gasteiger partial charge in [0.25, 0.3) is 0 Å². The fraction of sp³-hybridized carbons (Fsp3) is 0.867. The number of halogens is 1. The van der Waals surface area contributed by atoms with Crippen LogP contribution in [0.3, 0.4) is 0 Å². The van der Waals surface area contributed by atoms with E-state index in [-0.39, 0.29) is 11.8 Å². The van der Waals surface area contributed by atoms with Gasteiger partial charge in [-0.3, -0.25) is 4.79 Å². The minimum atomic E-state index is -0.405. The van der Waals surface area contributed by atoms with Gasteiger partial charge in [0.15, 0.2) is 0 Å². The van der Waals surface area contributed by atoms with E-state index in [9.17, 15) is 4.79 Å². The lowest BCUT2D eigenvalue weighted by Gasteiger charge is -2.09. The summed E-state index contributed by atoms with van der Waals surface area (Å²) in [5.41, 5.74) is 0. The number of unbranched alkanes of at least 4 members (excludes halogenated alkanes) is 8. The first kappa shape index (κ1) is 17.8. The molecule has 0 rings (SSSR count). The molecule has 0 aliphatic heterocycles. The summed E-state index contributed by atoms with van der Waals surface area (Å²) in [4.78, 5) is 11.3. The van der Waals surface area contributed by atoms with Crippen LogP contribution in [0.15, 0.2) is 0 Å². The third kappa shape index (κ3) is 12.2. The Hall–Kier alpha value is -0.240. The number of alkyl halides is 1. The number of hydrogen-bond donors (Lipinski definition) is 0. The van der Waals surface area contributed by atoms with Gasteiger partial charge in [-0.25, -0.2) is 0 Å². The summed E-state index contributed by atoms with van der Waals surface area (Å²) in [6, 6.07) is 0. The maximum absolute atomic E-state index is 11.3. The van der Waals surface area contributed by atoms with E-state index in [1.54, 1.807) is 0 Å². The molecule has 0 aliphatic rings. The van der Waals surface area contributed by atoms with Crippen LogP contribution in [0, 0.1) is 6.92 Å². The van der Waals surface area contributed by atoms with Crippen LogP contribution in [0.4, 0.5) is 0 Å². The molecule has 0 aliphatic carbocycles. The minimum absolute atomic E-state index is 0.168. The molecule has 1 unspecified atom stereocenters. The smallest absolute Gasteiger partial charge is 0.306 e. The molecule has 0 aromatic heterocycles. The first-order chi connectivity index (χ1) is 8.70. The second-order valence-electron chi connectivity index (χ2n) is 4.84. The summed E-state index contributed by atoms with van der Waals surface area (Å²) >= 11 is 5.51. The maximum Gasteiger partial charge on any atom is 0.306 e. The summed E-state index contributed by atoms with van der Waals surface area (Å²) in [7, 11) is 0. The van der Waals surface area contributed by atoms with E-state index >= 15 is 0 Å². The molecule has 0 N–H and O–H groups in total. The van der Waals surface area contributed by atoms with Gasteiger partial charge in [-0.2, -0.15) is 0 Å². The Morgan fingerprint density at radius 1 is 1.06 bits per heavy atom. The predicted molar refractivity (Wildman–Crippen MR) is 77.8 cm³/mol. The molecular formula is C15H28ClO2. The van der Waals surface area contributed by atoms with Crippen molar-refractivity contribution in [2.45, 2.75) is 77.2 Å². The summed E-state index contributed by atoms with van der Waals surface area (Å²) in [5.74, 6) is 0.0994. The van der Waals surface area contributed by atoms with Gasteiger partial charge in [-0.1, -0.05) is 58.3 Å². The minimum Gasteiger partial charge on any atom is -0.461 e. The van der Waals surface area contributed by atoms with E-state index < -0.39 is 6.10 Å². The number of hydrogen-bond acceptors (Lipinski definition) is 2. The Bertz CT molecular complexity index is 195. The Morgan fingerprint density at radius 3 is 2.06 bits per heavy atom. The van der Waals surface area contributed by atoms with E-state index in [0.29, 0.717) is 6.42 Å². The van der Waals surface area contributed by atoms with Gasteiger partial charge in [-0.05, 0) is 13.3 Å². The quantitative estimate of drug-likeness (QED) is 0.288. The molecule has 0 fully saturated rings. The van der Waals surface area contributed by atoms with Crippen LogP contribution >= 0.6 is 11.6 Å².